The van der Waals surface area contributed by atoms with Crippen molar-refractivity contribution in [1.29, 1.82) is 0 Å². The van der Waals surface area contributed by atoms with E-state index in [1.807, 2.05) is 6.07 Å². The van der Waals surface area contributed by atoms with Crippen LogP contribution in [0.3, 0.4) is 0 Å². The maximum Gasteiger partial charge on any atom is 0.0317 e. The summed E-state index contributed by atoms with van der Waals surface area (Å²) in [5.74, 6) is 0.324. The molecule has 20 heavy (non-hydrogen) atoms. The van der Waals surface area contributed by atoms with Crippen LogP contribution >= 0.6 is 0 Å². The van der Waals surface area contributed by atoms with Gasteiger partial charge in [0.2, 0.25) is 0 Å². The summed E-state index contributed by atoms with van der Waals surface area (Å²) < 4.78 is 0. The summed E-state index contributed by atoms with van der Waals surface area (Å²) in [5.41, 5.74) is 11.0. The van der Waals surface area contributed by atoms with Crippen LogP contribution in [0, 0.1) is 0 Å². The minimum absolute atomic E-state index is 0.0143. The summed E-state index contributed by atoms with van der Waals surface area (Å²) in [6, 6.07) is 17.1. The van der Waals surface area contributed by atoms with Crippen molar-refractivity contribution < 1.29 is 0 Å². The van der Waals surface area contributed by atoms with Gasteiger partial charge in [0.1, 0.15) is 0 Å². The molecule has 1 aliphatic rings. The van der Waals surface area contributed by atoms with E-state index in [1.54, 1.807) is 0 Å². The van der Waals surface area contributed by atoms with E-state index in [0.29, 0.717) is 5.92 Å². The highest BCUT2D eigenvalue weighted by atomic mass is 15.0. The molecule has 0 fully saturated rings. The number of fused-ring (bicyclic) bond motifs is 1. The van der Waals surface area contributed by atoms with E-state index in [2.05, 4.69) is 61.6 Å². The Balaban J connectivity index is 2.20. The highest BCUT2D eigenvalue weighted by Crippen LogP contribution is 2.39. The second-order valence-corrected chi connectivity index (χ2v) is 6.20. The normalized spacial score (nSPS) is 21.0. The molecule has 2 nitrogen and oxygen atoms in total. The number of nitrogens with two attached hydrogens (primary N) is 1. The zero-order valence-corrected chi connectivity index (χ0v) is 12.2. The lowest BCUT2D eigenvalue weighted by molar-refractivity contribution is 0.361. The van der Waals surface area contributed by atoms with E-state index in [9.17, 15) is 0 Å². The zero-order chi connectivity index (χ0) is 14.2. The highest BCUT2D eigenvalue weighted by molar-refractivity contribution is 5.51. The SMILES string of the molecule is CC1(C)NCCc2ccc(N)cc2C1c1ccccc1. The van der Waals surface area contributed by atoms with Crippen LogP contribution in [0.15, 0.2) is 48.5 Å². The lowest BCUT2D eigenvalue weighted by Crippen LogP contribution is -2.44. The Morgan fingerprint density at radius 2 is 1.85 bits per heavy atom. The quantitative estimate of drug-likeness (QED) is 0.777. The second kappa shape index (κ2) is 4.95. The number of anilines is 1. The fourth-order valence-corrected chi connectivity index (χ4v) is 3.36. The third-order valence-corrected chi connectivity index (χ3v) is 4.31. The number of hydrogen-bond donors (Lipinski definition) is 2. The minimum atomic E-state index is 0.0143. The molecule has 1 heterocycles. The van der Waals surface area contributed by atoms with E-state index in [4.69, 9.17) is 5.73 Å². The fraction of sp³-hybridized carbons (Fsp3) is 0.333. The minimum Gasteiger partial charge on any atom is -0.399 e. The molecule has 3 N–H and O–H groups in total. The van der Waals surface area contributed by atoms with Crippen LogP contribution in [0.4, 0.5) is 5.69 Å². The van der Waals surface area contributed by atoms with Gasteiger partial charge in [-0.1, -0.05) is 36.4 Å². The lowest BCUT2D eigenvalue weighted by Gasteiger charge is -2.35. The van der Waals surface area contributed by atoms with Crippen molar-refractivity contribution in [3.05, 3.63) is 65.2 Å². The van der Waals surface area contributed by atoms with Crippen LogP contribution in [0.2, 0.25) is 0 Å². The van der Waals surface area contributed by atoms with Gasteiger partial charge in [0.15, 0.2) is 0 Å². The van der Waals surface area contributed by atoms with Crippen LogP contribution in [0.5, 0.6) is 0 Å². The van der Waals surface area contributed by atoms with Gasteiger partial charge in [-0.2, -0.15) is 0 Å². The van der Waals surface area contributed by atoms with Crippen molar-refractivity contribution in [3.63, 3.8) is 0 Å². The maximum atomic E-state index is 6.04. The van der Waals surface area contributed by atoms with Gasteiger partial charge >= 0.3 is 0 Å². The molecule has 0 saturated carbocycles. The largest absolute Gasteiger partial charge is 0.399 e. The first-order chi connectivity index (χ1) is 9.58. The third kappa shape index (κ3) is 2.32. The summed E-state index contributed by atoms with van der Waals surface area (Å²) in [6.07, 6.45) is 1.06. The van der Waals surface area contributed by atoms with Crippen molar-refractivity contribution in [2.24, 2.45) is 0 Å². The van der Waals surface area contributed by atoms with Crippen molar-refractivity contribution >= 4 is 5.69 Å². The van der Waals surface area contributed by atoms with Crippen molar-refractivity contribution in [1.82, 2.24) is 5.32 Å². The molecule has 1 unspecified atom stereocenters. The Morgan fingerprint density at radius 3 is 2.60 bits per heavy atom. The molecule has 0 spiro atoms. The molecule has 104 valence electrons. The number of benzene rings is 2. The standard InChI is InChI=1S/C18H22N2/c1-18(2)17(14-6-4-3-5-7-14)16-12-15(19)9-8-13(16)10-11-20-18/h3-9,12,17,20H,10-11,19H2,1-2H3. The number of nitrogens with one attached hydrogen (secondary N) is 1. The van der Waals surface area contributed by atoms with Gasteiger partial charge in [-0.25, -0.2) is 0 Å². The van der Waals surface area contributed by atoms with Gasteiger partial charge in [-0.05, 0) is 55.6 Å². The first kappa shape index (κ1) is 13.2. The summed E-state index contributed by atoms with van der Waals surface area (Å²) in [7, 11) is 0. The first-order valence-corrected chi connectivity index (χ1v) is 7.26. The van der Waals surface area contributed by atoms with E-state index in [0.717, 1.165) is 18.7 Å². The zero-order valence-electron chi connectivity index (χ0n) is 12.2. The van der Waals surface area contributed by atoms with E-state index >= 15 is 0 Å². The Hall–Kier alpha value is -1.80. The highest BCUT2D eigenvalue weighted by Gasteiger charge is 2.34. The van der Waals surface area contributed by atoms with Gasteiger partial charge < -0.3 is 11.1 Å². The molecule has 2 aromatic carbocycles. The summed E-state index contributed by atoms with van der Waals surface area (Å²) in [4.78, 5) is 0. The van der Waals surface area contributed by atoms with Gasteiger partial charge in [0.25, 0.3) is 0 Å². The Morgan fingerprint density at radius 1 is 1.10 bits per heavy atom. The van der Waals surface area contributed by atoms with Crippen LogP contribution in [0.1, 0.15) is 36.5 Å². The van der Waals surface area contributed by atoms with Crippen molar-refractivity contribution in [2.45, 2.75) is 31.7 Å². The van der Waals surface area contributed by atoms with Crippen LogP contribution in [0.25, 0.3) is 0 Å². The predicted octanol–water partition coefficient (Wildman–Crippen LogP) is 3.33. The second-order valence-electron chi connectivity index (χ2n) is 6.20. The van der Waals surface area contributed by atoms with E-state index < -0.39 is 0 Å². The molecule has 0 bridgehead atoms. The maximum absolute atomic E-state index is 6.04. The van der Waals surface area contributed by atoms with E-state index in [-0.39, 0.29) is 5.54 Å². The summed E-state index contributed by atoms with van der Waals surface area (Å²) in [5, 5.41) is 3.70. The number of hydrogen-bond acceptors (Lipinski definition) is 2. The molecule has 0 amide bonds. The van der Waals surface area contributed by atoms with Gasteiger partial charge in [0.05, 0.1) is 0 Å². The molecule has 3 rings (SSSR count). The smallest absolute Gasteiger partial charge is 0.0317 e. The summed E-state index contributed by atoms with van der Waals surface area (Å²) in [6.45, 7) is 5.57. The fourth-order valence-electron chi connectivity index (χ4n) is 3.36. The Kier molecular flexibility index (Phi) is 3.27. The molecule has 2 aromatic rings. The number of nitrogen functional groups attached to an aromatic ring is 1. The third-order valence-electron chi connectivity index (χ3n) is 4.31. The van der Waals surface area contributed by atoms with Gasteiger partial charge in [-0.3, -0.25) is 0 Å². The monoisotopic (exact) mass is 266 g/mol. The summed E-state index contributed by atoms with van der Waals surface area (Å²) >= 11 is 0. The van der Waals surface area contributed by atoms with Crippen LogP contribution in [-0.4, -0.2) is 12.1 Å². The topological polar surface area (TPSA) is 38.0 Å². The van der Waals surface area contributed by atoms with Gasteiger partial charge in [0, 0.05) is 17.1 Å². The average molecular weight is 266 g/mol. The molecule has 1 aliphatic heterocycles. The molecule has 0 aromatic heterocycles. The lowest BCUT2D eigenvalue weighted by atomic mass is 9.76. The Labute approximate surface area is 121 Å². The molecule has 1 atom stereocenters. The molecular weight excluding hydrogens is 244 g/mol. The number of rotatable bonds is 1. The molecule has 0 aliphatic carbocycles. The predicted molar refractivity (Wildman–Crippen MR) is 84.9 cm³/mol. The van der Waals surface area contributed by atoms with E-state index in [1.165, 1.54) is 16.7 Å². The Bertz CT molecular complexity index is 602. The first-order valence-electron chi connectivity index (χ1n) is 7.26. The molecule has 0 saturated heterocycles. The molecule has 2 heteroatoms. The molecular formula is C18H22N2. The van der Waals surface area contributed by atoms with Crippen molar-refractivity contribution in [2.75, 3.05) is 12.3 Å². The van der Waals surface area contributed by atoms with Crippen molar-refractivity contribution in [3.8, 4) is 0 Å². The average Bonchev–Trinajstić information content (AvgIpc) is 2.54. The molecule has 0 radical (unpaired) electrons. The van der Waals surface area contributed by atoms with Gasteiger partial charge in [-0.15, -0.1) is 0 Å². The van der Waals surface area contributed by atoms with Crippen LogP contribution < -0.4 is 11.1 Å². The van der Waals surface area contributed by atoms with Crippen LogP contribution in [-0.2, 0) is 6.42 Å².